The maximum atomic E-state index is 14.0. The fourth-order valence-corrected chi connectivity index (χ4v) is 3.58. The van der Waals surface area contributed by atoms with Crippen molar-refractivity contribution in [3.63, 3.8) is 0 Å². The lowest BCUT2D eigenvalue weighted by Crippen LogP contribution is -2.38. The number of carbonyl (C=O) groups is 1. The van der Waals surface area contributed by atoms with E-state index in [1.807, 2.05) is 28.8 Å². The largest absolute Gasteiger partial charge is 0.338 e. The van der Waals surface area contributed by atoms with Crippen LogP contribution in [-0.4, -0.2) is 38.5 Å². The minimum atomic E-state index is -0.580. The molecule has 5 nitrogen and oxygen atoms in total. The summed E-state index contributed by atoms with van der Waals surface area (Å²) in [6.07, 6.45) is 3.46. The molecule has 1 fully saturated rings. The van der Waals surface area contributed by atoms with Gasteiger partial charge in [0.1, 0.15) is 11.6 Å². The van der Waals surface area contributed by atoms with Gasteiger partial charge in [0.25, 0.3) is 5.91 Å². The van der Waals surface area contributed by atoms with E-state index in [-0.39, 0.29) is 22.4 Å². The van der Waals surface area contributed by atoms with E-state index in [9.17, 15) is 9.18 Å². The van der Waals surface area contributed by atoms with Crippen molar-refractivity contribution in [3.05, 3.63) is 64.8 Å². The number of fused-ring (bicyclic) bond motifs is 1. The average Bonchev–Trinajstić information content (AvgIpc) is 3.06. The van der Waals surface area contributed by atoms with Gasteiger partial charge in [0, 0.05) is 25.2 Å². The molecule has 0 N–H and O–H groups in total. The zero-order chi connectivity index (χ0) is 17.4. The van der Waals surface area contributed by atoms with Crippen LogP contribution in [0.25, 0.3) is 5.65 Å². The zero-order valence-corrected chi connectivity index (χ0v) is 14.2. The number of amides is 1. The van der Waals surface area contributed by atoms with Crippen LogP contribution < -0.4 is 0 Å². The van der Waals surface area contributed by atoms with Crippen LogP contribution in [0.15, 0.2) is 42.6 Å². The van der Waals surface area contributed by atoms with E-state index in [2.05, 4.69) is 10.2 Å². The van der Waals surface area contributed by atoms with Gasteiger partial charge in [0.2, 0.25) is 0 Å². The highest BCUT2D eigenvalue weighted by atomic mass is 35.5. The van der Waals surface area contributed by atoms with Crippen LogP contribution in [0.3, 0.4) is 0 Å². The molecule has 1 amide bonds. The lowest BCUT2D eigenvalue weighted by atomic mass is 9.95. The smallest absolute Gasteiger partial charge is 0.258 e. The summed E-state index contributed by atoms with van der Waals surface area (Å²) in [7, 11) is 0. The van der Waals surface area contributed by atoms with Crippen LogP contribution in [0.4, 0.5) is 4.39 Å². The maximum absolute atomic E-state index is 14.0. The number of benzene rings is 1. The van der Waals surface area contributed by atoms with Crippen molar-refractivity contribution in [3.8, 4) is 0 Å². The van der Waals surface area contributed by atoms with Crippen molar-refractivity contribution in [1.29, 1.82) is 0 Å². The first-order chi connectivity index (χ1) is 12.1. The summed E-state index contributed by atoms with van der Waals surface area (Å²) in [5, 5.41) is 8.64. The van der Waals surface area contributed by atoms with Crippen molar-refractivity contribution >= 4 is 23.2 Å². The highest BCUT2D eigenvalue weighted by Gasteiger charge is 2.29. The molecule has 1 aliphatic rings. The second kappa shape index (κ2) is 6.44. The Morgan fingerprint density at radius 3 is 2.68 bits per heavy atom. The third kappa shape index (κ3) is 2.87. The Hall–Kier alpha value is -2.47. The van der Waals surface area contributed by atoms with Gasteiger partial charge in [-0.2, -0.15) is 0 Å². The van der Waals surface area contributed by atoms with Gasteiger partial charge in [0.05, 0.1) is 10.6 Å². The van der Waals surface area contributed by atoms with Gasteiger partial charge in [-0.3, -0.25) is 9.20 Å². The van der Waals surface area contributed by atoms with Gasteiger partial charge < -0.3 is 4.90 Å². The number of carbonyl (C=O) groups excluding carboxylic acids is 1. The minimum absolute atomic E-state index is 0.0458. The molecule has 0 aliphatic carbocycles. The van der Waals surface area contributed by atoms with E-state index in [1.165, 1.54) is 18.2 Å². The molecule has 0 radical (unpaired) electrons. The number of aromatic nitrogens is 3. The quantitative estimate of drug-likeness (QED) is 0.704. The molecule has 4 rings (SSSR count). The molecular weight excluding hydrogens is 343 g/mol. The zero-order valence-electron chi connectivity index (χ0n) is 13.4. The van der Waals surface area contributed by atoms with Crippen molar-refractivity contribution in [1.82, 2.24) is 19.5 Å². The normalized spacial score (nSPS) is 15.7. The van der Waals surface area contributed by atoms with Gasteiger partial charge in [-0.05, 0) is 37.1 Å². The minimum Gasteiger partial charge on any atom is -0.338 e. The second-order valence-corrected chi connectivity index (χ2v) is 6.56. The van der Waals surface area contributed by atoms with Crippen LogP contribution in [0.2, 0.25) is 5.02 Å². The first kappa shape index (κ1) is 16.0. The lowest BCUT2D eigenvalue weighted by molar-refractivity contribution is 0.0706. The third-order valence-electron chi connectivity index (χ3n) is 4.66. The predicted molar refractivity (Wildman–Crippen MR) is 92.3 cm³/mol. The average molecular weight is 359 g/mol. The molecule has 3 heterocycles. The van der Waals surface area contributed by atoms with Gasteiger partial charge in [-0.15, -0.1) is 10.2 Å². The Labute approximate surface area is 149 Å². The molecule has 7 heteroatoms. The topological polar surface area (TPSA) is 50.5 Å². The molecular formula is C18H16ClFN4O. The van der Waals surface area contributed by atoms with Gasteiger partial charge >= 0.3 is 0 Å². The SMILES string of the molecule is O=C(c1c(F)cccc1Cl)N1CCC(c2nnc3ccccn23)CC1. The first-order valence-electron chi connectivity index (χ1n) is 8.18. The fraction of sp³-hybridized carbons (Fsp3) is 0.278. The number of piperidine rings is 1. The first-order valence-corrected chi connectivity index (χ1v) is 8.56. The molecule has 1 aromatic carbocycles. The molecule has 1 aliphatic heterocycles. The molecule has 0 atom stereocenters. The number of hydrogen-bond donors (Lipinski definition) is 0. The van der Waals surface area contributed by atoms with Gasteiger partial charge in [-0.1, -0.05) is 23.7 Å². The molecule has 2 aromatic heterocycles. The number of likely N-dealkylation sites (tertiary alicyclic amines) is 1. The molecule has 0 spiro atoms. The molecule has 25 heavy (non-hydrogen) atoms. The summed E-state index contributed by atoms with van der Waals surface area (Å²) in [5.74, 6) is 0.194. The highest BCUT2D eigenvalue weighted by molar-refractivity contribution is 6.33. The second-order valence-electron chi connectivity index (χ2n) is 6.15. The Balaban J connectivity index is 1.51. The highest BCUT2D eigenvalue weighted by Crippen LogP contribution is 2.29. The van der Waals surface area contributed by atoms with E-state index in [1.54, 1.807) is 4.90 Å². The molecule has 3 aromatic rings. The van der Waals surface area contributed by atoms with Gasteiger partial charge in [0.15, 0.2) is 5.65 Å². The van der Waals surface area contributed by atoms with E-state index < -0.39 is 5.82 Å². The Morgan fingerprint density at radius 2 is 1.92 bits per heavy atom. The Bertz CT molecular complexity index is 913. The summed E-state index contributed by atoms with van der Waals surface area (Å²) in [4.78, 5) is 14.3. The van der Waals surface area contributed by atoms with E-state index in [0.717, 1.165) is 24.3 Å². The van der Waals surface area contributed by atoms with Crippen LogP contribution in [-0.2, 0) is 0 Å². The summed E-state index contributed by atoms with van der Waals surface area (Å²) in [6, 6.07) is 10.1. The van der Waals surface area contributed by atoms with Crippen molar-refractivity contribution in [2.45, 2.75) is 18.8 Å². The van der Waals surface area contributed by atoms with Gasteiger partial charge in [-0.25, -0.2) is 4.39 Å². The summed E-state index contributed by atoms with van der Waals surface area (Å²) < 4.78 is 16.0. The van der Waals surface area contributed by atoms with Crippen LogP contribution >= 0.6 is 11.6 Å². The van der Waals surface area contributed by atoms with E-state index >= 15 is 0 Å². The predicted octanol–water partition coefficient (Wildman–Crippen LogP) is 3.54. The van der Waals surface area contributed by atoms with Crippen LogP contribution in [0.5, 0.6) is 0 Å². The standard InChI is InChI=1S/C18H16ClFN4O/c19-13-4-3-5-14(20)16(13)18(25)23-10-7-12(8-11-23)17-22-21-15-6-1-2-9-24(15)17/h1-6,9,12H,7-8,10-11H2. The van der Waals surface area contributed by atoms with Crippen molar-refractivity contribution in [2.75, 3.05) is 13.1 Å². The lowest BCUT2D eigenvalue weighted by Gasteiger charge is -2.31. The van der Waals surface area contributed by atoms with E-state index in [0.29, 0.717) is 13.1 Å². The Kier molecular flexibility index (Phi) is 4.13. The number of halogens is 2. The number of hydrogen-bond acceptors (Lipinski definition) is 3. The maximum Gasteiger partial charge on any atom is 0.258 e. The number of pyridine rings is 1. The number of nitrogens with zero attached hydrogens (tertiary/aromatic N) is 4. The van der Waals surface area contributed by atoms with Crippen molar-refractivity contribution in [2.24, 2.45) is 0 Å². The third-order valence-corrected chi connectivity index (χ3v) is 4.98. The number of rotatable bonds is 2. The summed E-state index contributed by atoms with van der Waals surface area (Å²) in [5.41, 5.74) is 0.768. The molecule has 1 saturated heterocycles. The van der Waals surface area contributed by atoms with Crippen LogP contribution in [0.1, 0.15) is 34.9 Å². The van der Waals surface area contributed by atoms with E-state index in [4.69, 9.17) is 11.6 Å². The molecule has 0 unspecified atom stereocenters. The molecule has 128 valence electrons. The fourth-order valence-electron chi connectivity index (χ4n) is 3.34. The summed E-state index contributed by atoms with van der Waals surface area (Å²) >= 11 is 6.01. The van der Waals surface area contributed by atoms with Crippen molar-refractivity contribution < 1.29 is 9.18 Å². The molecule has 0 bridgehead atoms. The summed E-state index contributed by atoms with van der Waals surface area (Å²) in [6.45, 7) is 1.08. The molecule has 0 saturated carbocycles. The monoisotopic (exact) mass is 358 g/mol. The Morgan fingerprint density at radius 1 is 1.12 bits per heavy atom. The van der Waals surface area contributed by atoms with Crippen LogP contribution in [0, 0.1) is 5.82 Å².